The second-order valence-electron chi connectivity index (χ2n) is 3.93. The molecule has 0 aromatic carbocycles. The van der Waals surface area contributed by atoms with Crippen LogP contribution in [0.2, 0.25) is 0 Å². The molecule has 0 spiro atoms. The van der Waals surface area contributed by atoms with Crippen LogP contribution in [0.25, 0.3) is 0 Å². The fourth-order valence-corrected chi connectivity index (χ4v) is 1.72. The second kappa shape index (κ2) is 5.72. The Morgan fingerprint density at radius 1 is 1.38 bits per heavy atom. The summed E-state index contributed by atoms with van der Waals surface area (Å²) in [5.74, 6) is -1.54. The molecule has 16 heavy (non-hydrogen) atoms. The molecule has 1 unspecified atom stereocenters. The van der Waals surface area contributed by atoms with E-state index in [0.717, 1.165) is 0 Å². The molecule has 1 aliphatic heterocycles. The SMILES string of the molecule is CC(N)C(=O)N1CCC(C(F)(F)F)CC1.Cl. The lowest BCUT2D eigenvalue weighted by Gasteiger charge is -2.33. The van der Waals surface area contributed by atoms with Crippen molar-refractivity contribution >= 4 is 18.3 Å². The highest BCUT2D eigenvalue weighted by atomic mass is 35.5. The first kappa shape index (κ1) is 15.5. The van der Waals surface area contributed by atoms with E-state index in [-0.39, 0.29) is 44.2 Å². The van der Waals surface area contributed by atoms with Gasteiger partial charge >= 0.3 is 6.18 Å². The van der Waals surface area contributed by atoms with Crippen LogP contribution in [0, 0.1) is 5.92 Å². The van der Waals surface area contributed by atoms with Crippen molar-refractivity contribution < 1.29 is 18.0 Å². The summed E-state index contributed by atoms with van der Waals surface area (Å²) in [6.45, 7) is 1.85. The van der Waals surface area contributed by atoms with E-state index in [0.29, 0.717) is 0 Å². The summed E-state index contributed by atoms with van der Waals surface area (Å²) < 4.78 is 36.9. The molecular weight excluding hydrogens is 245 g/mol. The molecule has 1 heterocycles. The highest BCUT2D eigenvalue weighted by molar-refractivity contribution is 5.85. The van der Waals surface area contributed by atoms with E-state index in [2.05, 4.69) is 0 Å². The van der Waals surface area contributed by atoms with Crippen molar-refractivity contribution in [2.45, 2.75) is 32.0 Å². The molecule has 1 saturated heterocycles. The van der Waals surface area contributed by atoms with Gasteiger partial charge in [0.15, 0.2) is 0 Å². The van der Waals surface area contributed by atoms with Crippen LogP contribution in [-0.2, 0) is 4.79 Å². The van der Waals surface area contributed by atoms with Crippen LogP contribution in [0.15, 0.2) is 0 Å². The molecule has 0 aromatic rings. The van der Waals surface area contributed by atoms with Crippen molar-refractivity contribution in [1.82, 2.24) is 4.90 Å². The fraction of sp³-hybridized carbons (Fsp3) is 0.889. The number of likely N-dealkylation sites (tertiary alicyclic amines) is 1. The number of nitrogens with zero attached hydrogens (tertiary/aromatic N) is 1. The average Bonchev–Trinajstić information content (AvgIpc) is 2.15. The van der Waals surface area contributed by atoms with Gasteiger partial charge in [-0.3, -0.25) is 4.79 Å². The van der Waals surface area contributed by atoms with Crippen molar-refractivity contribution in [2.75, 3.05) is 13.1 Å². The van der Waals surface area contributed by atoms with E-state index in [4.69, 9.17) is 5.73 Å². The zero-order valence-corrected chi connectivity index (χ0v) is 9.77. The number of hydrogen-bond acceptors (Lipinski definition) is 2. The monoisotopic (exact) mass is 260 g/mol. The van der Waals surface area contributed by atoms with Gasteiger partial charge in [-0.15, -0.1) is 12.4 Å². The van der Waals surface area contributed by atoms with Gasteiger partial charge in [-0.2, -0.15) is 13.2 Å². The second-order valence-corrected chi connectivity index (χ2v) is 3.93. The lowest BCUT2D eigenvalue weighted by atomic mass is 9.96. The number of amides is 1. The molecule has 1 amide bonds. The summed E-state index contributed by atoms with van der Waals surface area (Å²) in [5.41, 5.74) is 5.37. The number of halogens is 4. The number of alkyl halides is 3. The van der Waals surface area contributed by atoms with Gasteiger partial charge in [0.1, 0.15) is 0 Å². The van der Waals surface area contributed by atoms with E-state index in [9.17, 15) is 18.0 Å². The largest absolute Gasteiger partial charge is 0.391 e. The van der Waals surface area contributed by atoms with Crippen LogP contribution in [0.4, 0.5) is 13.2 Å². The van der Waals surface area contributed by atoms with E-state index in [1.807, 2.05) is 0 Å². The summed E-state index contributed by atoms with van der Waals surface area (Å²) in [6, 6.07) is -0.632. The maximum atomic E-state index is 12.3. The Balaban J connectivity index is 0.00000225. The highest BCUT2D eigenvalue weighted by Gasteiger charge is 2.41. The number of carbonyl (C=O) groups is 1. The Hall–Kier alpha value is -0.490. The fourth-order valence-electron chi connectivity index (χ4n) is 1.72. The Labute approximate surface area is 98.6 Å². The zero-order valence-electron chi connectivity index (χ0n) is 8.96. The van der Waals surface area contributed by atoms with Crippen LogP contribution in [0.5, 0.6) is 0 Å². The lowest BCUT2D eigenvalue weighted by Crippen LogP contribution is -2.47. The minimum Gasteiger partial charge on any atom is -0.341 e. The Bertz CT molecular complexity index is 237. The van der Waals surface area contributed by atoms with Gasteiger partial charge in [0.2, 0.25) is 5.91 Å². The molecule has 3 nitrogen and oxygen atoms in total. The van der Waals surface area contributed by atoms with Gasteiger partial charge in [0.05, 0.1) is 12.0 Å². The maximum absolute atomic E-state index is 12.3. The molecule has 0 bridgehead atoms. The standard InChI is InChI=1S/C9H15F3N2O.ClH/c1-6(13)8(15)14-4-2-7(3-5-14)9(10,11)12;/h6-7H,2-5,13H2,1H3;1H. The molecule has 1 rings (SSSR count). The van der Waals surface area contributed by atoms with Gasteiger partial charge in [-0.25, -0.2) is 0 Å². The van der Waals surface area contributed by atoms with Crippen LogP contribution >= 0.6 is 12.4 Å². The van der Waals surface area contributed by atoms with Crippen molar-refractivity contribution in [3.8, 4) is 0 Å². The summed E-state index contributed by atoms with van der Waals surface area (Å²) in [5, 5.41) is 0. The lowest BCUT2D eigenvalue weighted by molar-refractivity contribution is -0.186. The number of hydrogen-bond donors (Lipinski definition) is 1. The first-order valence-electron chi connectivity index (χ1n) is 4.93. The van der Waals surface area contributed by atoms with E-state index >= 15 is 0 Å². The first-order chi connectivity index (χ1) is 6.82. The third-order valence-corrected chi connectivity index (χ3v) is 2.66. The van der Waals surface area contributed by atoms with Crippen molar-refractivity contribution in [1.29, 1.82) is 0 Å². The molecule has 96 valence electrons. The summed E-state index contributed by atoms with van der Waals surface area (Å²) in [6.07, 6.45) is -4.16. The molecule has 0 radical (unpaired) electrons. The maximum Gasteiger partial charge on any atom is 0.391 e. The molecular formula is C9H16ClF3N2O. The normalized spacial score (nSPS) is 20.2. The smallest absolute Gasteiger partial charge is 0.341 e. The van der Waals surface area contributed by atoms with Crippen molar-refractivity contribution in [2.24, 2.45) is 11.7 Å². The molecule has 0 aromatic heterocycles. The van der Waals surface area contributed by atoms with Crippen LogP contribution in [0.3, 0.4) is 0 Å². The Kier molecular flexibility index (Phi) is 5.55. The minimum atomic E-state index is -4.14. The van der Waals surface area contributed by atoms with Crippen molar-refractivity contribution in [3.63, 3.8) is 0 Å². The molecule has 0 saturated carbocycles. The van der Waals surface area contributed by atoms with Crippen LogP contribution in [0.1, 0.15) is 19.8 Å². The summed E-state index contributed by atoms with van der Waals surface area (Å²) in [7, 11) is 0. The van der Waals surface area contributed by atoms with Crippen molar-refractivity contribution in [3.05, 3.63) is 0 Å². The Morgan fingerprint density at radius 2 is 1.81 bits per heavy atom. The molecule has 0 aliphatic carbocycles. The van der Waals surface area contributed by atoms with Gasteiger partial charge in [-0.05, 0) is 19.8 Å². The number of rotatable bonds is 1. The molecule has 7 heteroatoms. The number of piperidine rings is 1. The summed E-state index contributed by atoms with van der Waals surface area (Å²) >= 11 is 0. The van der Waals surface area contributed by atoms with Crippen LogP contribution < -0.4 is 5.73 Å². The summed E-state index contributed by atoms with van der Waals surface area (Å²) in [4.78, 5) is 12.8. The van der Waals surface area contributed by atoms with Gasteiger partial charge < -0.3 is 10.6 Å². The number of carbonyl (C=O) groups excluding carboxylic acids is 1. The topological polar surface area (TPSA) is 46.3 Å². The van der Waals surface area contributed by atoms with Gasteiger partial charge in [0.25, 0.3) is 0 Å². The Morgan fingerprint density at radius 3 is 2.12 bits per heavy atom. The third kappa shape index (κ3) is 3.83. The number of nitrogens with two attached hydrogens (primary N) is 1. The molecule has 1 aliphatic rings. The van der Waals surface area contributed by atoms with E-state index in [1.165, 1.54) is 11.8 Å². The first-order valence-corrected chi connectivity index (χ1v) is 4.93. The quantitative estimate of drug-likeness (QED) is 0.778. The van der Waals surface area contributed by atoms with Gasteiger partial charge in [-0.1, -0.05) is 0 Å². The highest BCUT2D eigenvalue weighted by Crippen LogP contribution is 2.34. The minimum absolute atomic E-state index is 0. The average molecular weight is 261 g/mol. The molecule has 1 fully saturated rings. The van der Waals surface area contributed by atoms with Crippen LogP contribution in [-0.4, -0.2) is 36.1 Å². The zero-order chi connectivity index (χ0) is 11.6. The predicted octanol–water partition coefficient (Wildman–Crippen LogP) is 1.56. The van der Waals surface area contributed by atoms with Gasteiger partial charge in [0, 0.05) is 13.1 Å². The molecule has 1 atom stereocenters. The third-order valence-electron chi connectivity index (χ3n) is 2.66. The van der Waals surface area contributed by atoms with E-state index in [1.54, 1.807) is 0 Å². The molecule has 2 N–H and O–H groups in total. The van der Waals surface area contributed by atoms with E-state index < -0.39 is 18.1 Å². The predicted molar refractivity (Wildman–Crippen MR) is 56.3 cm³/mol.